The first-order valence-corrected chi connectivity index (χ1v) is 8.41. The second kappa shape index (κ2) is 6.83. The quantitative estimate of drug-likeness (QED) is 0.730. The number of rotatable bonds is 5. The van der Waals surface area contributed by atoms with Crippen molar-refractivity contribution in [1.82, 2.24) is 14.6 Å². The van der Waals surface area contributed by atoms with E-state index in [-0.39, 0.29) is 11.2 Å². The molecule has 2 heterocycles. The van der Waals surface area contributed by atoms with Crippen molar-refractivity contribution in [3.63, 3.8) is 0 Å². The summed E-state index contributed by atoms with van der Waals surface area (Å²) in [5, 5.41) is 11.6. The molecule has 0 unspecified atom stereocenters. The SMILES string of the molecule is CCc1ccc(NC(=O)[C@@H](C)Sc2nnc3ccccn23)cc1. The van der Waals surface area contributed by atoms with Crippen LogP contribution in [0.4, 0.5) is 5.69 Å². The Labute approximate surface area is 139 Å². The fraction of sp³-hybridized carbons (Fsp3) is 0.235. The van der Waals surface area contributed by atoms with E-state index in [0.29, 0.717) is 5.16 Å². The maximum Gasteiger partial charge on any atom is 0.237 e. The molecule has 0 fully saturated rings. The smallest absolute Gasteiger partial charge is 0.237 e. The number of hydrogen-bond acceptors (Lipinski definition) is 4. The van der Waals surface area contributed by atoms with Crippen molar-refractivity contribution in [2.45, 2.75) is 30.7 Å². The van der Waals surface area contributed by atoms with Gasteiger partial charge in [0.25, 0.3) is 0 Å². The van der Waals surface area contributed by atoms with Gasteiger partial charge in [-0.25, -0.2) is 0 Å². The minimum absolute atomic E-state index is 0.0491. The number of nitrogens with one attached hydrogen (secondary N) is 1. The summed E-state index contributed by atoms with van der Waals surface area (Å²) in [6.45, 7) is 3.97. The third kappa shape index (κ3) is 3.53. The molecule has 3 rings (SSSR count). The van der Waals surface area contributed by atoms with Gasteiger partial charge in [-0.05, 0) is 43.2 Å². The van der Waals surface area contributed by atoms with Gasteiger partial charge in [-0.1, -0.05) is 36.9 Å². The molecule has 0 aliphatic carbocycles. The maximum atomic E-state index is 12.3. The first kappa shape index (κ1) is 15.6. The van der Waals surface area contributed by atoms with Gasteiger partial charge in [0.15, 0.2) is 10.8 Å². The van der Waals surface area contributed by atoms with Crippen molar-refractivity contribution in [1.29, 1.82) is 0 Å². The highest BCUT2D eigenvalue weighted by molar-refractivity contribution is 8.00. The topological polar surface area (TPSA) is 59.3 Å². The molecule has 0 spiro atoms. The molecule has 118 valence electrons. The Morgan fingerprint density at radius 1 is 1.22 bits per heavy atom. The number of benzene rings is 1. The Morgan fingerprint density at radius 3 is 2.74 bits per heavy atom. The average Bonchev–Trinajstić information content (AvgIpc) is 2.98. The van der Waals surface area contributed by atoms with Crippen LogP contribution in [-0.2, 0) is 11.2 Å². The molecule has 6 heteroatoms. The number of anilines is 1. The van der Waals surface area contributed by atoms with Crippen molar-refractivity contribution in [2.24, 2.45) is 0 Å². The lowest BCUT2D eigenvalue weighted by Crippen LogP contribution is -2.22. The van der Waals surface area contributed by atoms with Gasteiger partial charge in [-0.3, -0.25) is 9.20 Å². The second-order valence-corrected chi connectivity index (χ2v) is 6.52. The van der Waals surface area contributed by atoms with E-state index in [1.54, 1.807) is 0 Å². The molecule has 1 atom stereocenters. The second-order valence-electron chi connectivity index (χ2n) is 5.21. The van der Waals surface area contributed by atoms with Crippen molar-refractivity contribution in [2.75, 3.05) is 5.32 Å². The molecule has 23 heavy (non-hydrogen) atoms. The first-order valence-electron chi connectivity index (χ1n) is 7.53. The van der Waals surface area contributed by atoms with Crippen molar-refractivity contribution < 1.29 is 4.79 Å². The lowest BCUT2D eigenvalue weighted by molar-refractivity contribution is -0.115. The Hall–Kier alpha value is -2.34. The first-order chi connectivity index (χ1) is 11.2. The summed E-state index contributed by atoms with van der Waals surface area (Å²) in [6, 6.07) is 13.6. The van der Waals surface area contributed by atoms with Gasteiger partial charge >= 0.3 is 0 Å². The zero-order chi connectivity index (χ0) is 16.2. The molecule has 0 saturated heterocycles. The number of carbonyl (C=O) groups excluding carboxylic acids is 1. The van der Waals surface area contributed by atoms with E-state index >= 15 is 0 Å². The monoisotopic (exact) mass is 326 g/mol. The summed E-state index contributed by atoms with van der Waals surface area (Å²) in [6.07, 6.45) is 2.88. The minimum Gasteiger partial charge on any atom is -0.325 e. The van der Waals surface area contributed by atoms with Gasteiger partial charge < -0.3 is 5.32 Å². The third-order valence-corrected chi connectivity index (χ3v) is 4.62. The van der Waals surface area contributed by atoms with E-state index in [0.717, 1.165) is 17.8 Å². The van der Waals surface area contributed by atoms with Crippen molar-refractivity contribution >= 4 is 29.0 Å². The lowest BCUT2D eigenvalue weighted by Gasteiger charge is -2.11. The van der Waals surface area contributed by atoms with Gasteiger partial charge in [0.05, 0.1) is 5.25 Å². The fourth-order valence-corrected chi connectivity index (χ4v) is 3.02. The highest BCUT2D eigenvalue weighted by atomic mass is 32.2. The van der Waals surface area contributed by atoms with Crippen LogP contribution >= 0.6 is 11.8 Å². The third-order valence-electron chi connectivity index (χ3n) is 3.56. The number of fused-ring (bicyclic) bond motifs is 1. The van der Waals surface area contributed by atoms with Crippen molar-refractivity contribution in [3.8, 4) is 0 Å². The molecule has 0 saturated carbocycles. The molecule has 0 aliphatic rings. The number of amides is 1. The molecule has 3 aromatic rings. The molecule has 1 N–H and O–H groups in total. The number of aryl methyl sites for hydroxylation is 1. The van der Waals surface area contributed by atoms with E-state index in [1.807, 2.05) is 60.0 Å². The molecule has 5 nitrogen and oxygen atoms in total. The molecule has 2 aromatic heterocycles. The van der Waals surface area contributed by atoms with Gasteiger partial charge in [0.2, 0.25) is 5.91 Å². The highest BCUT2D eigenvalue weighted by Crippen LogP contribution is 2.23. The fourth-order valence-electron chi connectivity index (χ4n) is 2.18. The zero-order valence-electron chi connectivity index (χ0n) is 13.1. The number of pyridine rings is 1. The van der Waals surface area contributed by atoms with Crippen LogP contribution in [-0.4, -0.2) is 25.8 Å². The standard InChI is InChI=1S/C17H18N4OS/c1-3-13-7-9-14(10-8-13)18-16(22)12(2)23-17-20-19-15-6-4-5-11-21(15)17/h4-12H,3H2,1-2H3,(H,18,22)/t12-/m1/s1. The number of aromatic nitrogens is 3. The van der Waals surface area contributed by atoms with Gasteiger partial charge in [-0.2, -0.15) is 0 Å². The van der Waals surface area contributed by atoms with Crippen LogP contribution in [0.25, 0.3) is 5.65 Å². The van der Waals surface area contributed by atoms with E-state index in [2.05, 4.69) is 22.4 Å². The summed E-state index contributed by atoms with van der Waals surface area (Å²) in [4.78, 5) is 12.3. The molecule has 1 aromatic carbocycles. The predicted octanol–water partition coefficient (Wildman–Crippen LogP) is 3.41. The summed E-state index contributed by atoms with van der Waals surface area (Å²) >= 11 is 1.39. The average molecular weight is 326 g/mol. The molecule has 0 bridgehead atoms. The van der Waals surface area contributed by atoms with E-state index < -0.39 is 0 Å². The van der Waals surface area contributed by atoms with E-state index in [9.17, 15) is 4.79 Å². The van der Waals surface area contributed by atoms with Crippen LogP contribution in [0, 0.1) is 0 Å². The van der Waals surface area contributed by atoms with Crippen molar-refractivity contribution in [3.05, 3.63) is 54.2 Å². The van der Waals surface area contributed by atoms with E-state index in [4.69, 9.17) is 0 Å². The van der Waals surface area contributed by atoms with Crippen LogP contribution in [0.1, 0.15) is 19.4 Å². The van der Waals surface area contributed by atoms with Crippen LogP contribution < -0.4 is 5.32 Å². The molecular formula is C17H18N4OS. The van der Waals surface area contributed by atoms with Gasteiger partial charge in [0.1, 0.15) is 0 Å². The molecule has 0 aliphatic heterocycles. The largest absolute Gasteiger partial charge is 0.325 e. The maximum absolute atomic E-state index is 12.3. The molecule has 1 amide bonds. The Bertz CT molecular complexity index is 813. The van der Waals surface area contributed by atoms with Crippen LogP contribution in [0.3, 0.4) is 0 Å². The predicted molar refractivity (Wildman–Crippen MR) is 92.8 cm³/mol. The lowest BCUT2D eigenvalue weighted by atomic mass is 10.1. The normalized spacial score (nSPS) is 12.3. The number of hydrogen-bond donors (Lipinski definition) is 1. The molecule has 0 radical (unpaired) electrons. The Kier molecular flexibility index (Phi) is 4.62. The summed E-state index contributed by atoms with van der Waals surface area (Å²) in [7, 11) is 0. The summed E-state index contributed by atoms with van der Waals surface area (Å²) in [5.41, 5.74) is 2.84. The van der Waals surface area contributed by atoms with Gasteiger partial charge in [-0.15, -0.1) is 10.2 Å². The Morgan fingerprint density at radius 2 is 2.00 bits per heavy atom. The van der Waals surface area contributed by atoms with Crippen LogP contribution in [0.2, 0.25) is 0 Å². The number of carbonyl (C=O) groups is 1. The van der Waals surface area contributed by atoms with Crippen LogP contribution in [0.15, 0.2) is 53.8 Å². The van der Waals surface area contributed by atoms with Gasteiger partial charge in [0, 0.05) is 11.9 Å². The number of thioether (sulfide) groups is 1. The van der Waals surface area contributed by atoms with E-state index in [1.165, 1.54) is 17.3 Å². The number of nitrogens with zero attached hydrogens (tertiary/aromatic N) is 3. The zero-order valence-corrected chi connectivity index (χ0v) is 13.9. The molecular weight excluding hydrogens is 308 g/mol. The Balaban J connectivity index is 1.67. The summed E-state index contributed by atoms with van der Waals surface area (Å²) < 4.78 is 1.88. The van der Waals surface area contributed by atoms with Crippen LogP contribution in [0.5, 0.6) is 0 Å². The minimum atomic E-state index is -0.270. The highest BCUT2D eigenvalue weighted by Gasteiger charge is 2.17. The summed E-state index contributed by atoms with van der Waals surface area (Å²) in [5.74, 6) is -0.0491.